The molecule has 15 heavy (non-hydrogen) atoms. The maximum absolute atomic E-state index is 5.99. The van der Waals surface area contributed by atoms with Crippen LogP contribution in [-0.4, -0.2) is 14.1 Å². The Bertz CT molecular complexity index is 337. The van der Waals surface area contributed by atoms with Crippen LogP contribution in [0.5, 0.6) is 0 Å². The molecule has 0 spiro atoms. The number of anilines is 1. The lowest BCUT2D eigenvalue weighted by molar-refractivity contribution is 0.866. The lowest BCUT2D eigenvalue weighted by Gasteiger charge is -2.20. The molecule has 0 bridgehead atoms. The second-order valence-corrected chi connectivity index (χ2v) is 7.53. The molecule has 0 radical (unpaired) electrons. The zero-order chi connectivity index (χ0) is 11.6. The minimum atomic E-state index is -1.08. The van der Waals surface area contributed by atoms with E-state index in [4.69, 9.17) is 22.5 Å². The van der Waals surface area contributed by atoms with Gasteiger partial charge in [-0.15, -0.1) is 0 Å². The molecule has 84 valence electrons. The average molecular weight is 264 g/mol. The van der Waals surface area contributed by atoms with E-state index in [1.54, 1.807) is 0 Å². The SMILES string of the molecule is CC(C)c1ccc(P(Cl)Cl)c(N(C)C)c1. The van der Waals surface area contributed by atoms with Crippen molar-refractivity contribution in [2.75, 3.05) is 19.0 Å². The topological polar surface area (TPSA) is 3.24 Å². The molecule has 0 heterocycles. The van der Waals surface area contributed by atoms with Crippen molar-refractivity contribution in [3.05, 3.63) is 23.8 Å². The highest BCUT2D eigenvalue weighted by Gasteiger charge is 2.13. The van der Waals surface area contributed by atoms with Gasteiger partial charge in [-0.2, -0.15) is 0 Å². The van der Waals surface area contributed by atoms with Crippen molar-refractivity contribution in [1.82, 2.24) is 0 Å². The quantitative estimate of drug-likeness (QED) is 0.736. The van der Waals surface area contributed by atoms with Crippen molar-refractivity contribution < 1.29 is 0 Å². The fourth-order valence-corrected chi connectivity index (χ4v) is 2.88. The maximum atomic E-state index is 5.99. The van der Waals surface area contributed by atoms with Gasteiger partial charge in [-0.3, -0.25) is 0 Å². The van der Waals surface area contributed by atoms with Gasteiger partial charge >= 0.3 is 0 Å². The first kappa shape index (κ1) is 13.1. The Balaban J connectivity index is 3.21. The molecule has 0 aliphatic carbocycles. The fourth-order valence-electron chi connectivity index (χ4n) is 1.40. The summed E-state index contributed by atoms with van der Waals surface area (Å²) in [6.45, 7) is 3.28. The van der Waals surface area contributed by atoms with Crippen molar-refractivity contribution in [2.24, 2.45) is 0 Å². The van der Waals surface area contributed by atoms with Gasteiger partial charge < -0.3 is 4.90 Å². The minimum Gasteiger partial charge on any atom is -0.377 e. The van der Waals surface area contributed by atoms with E-state index >= 15 is 0 Å². The van der Waals surface area contributed by atoms with E-state index < -0.39 is 6.63 Å². The highest BCUT2D eigenvalue weighted by molar-refractivity contribution is 8.09. The van der Waals surface area contributed by atoms with Gasteiger partial charge in [0, 0.05) is 25.1 Å². The molecule has 0 atom stereocenters. The van der Waals surface area contributed by atoms with E-state index in [-0.39, 0.29) is 0 Å². The molecule has 1 nitrogen and oxygen atoms in total. The zero-order valence-corrected chi connectivity index (χ0v) is 11.9. The van der Waals surface area contributed by atoms with Crippen LogP contribution in [0.3, 0.4) is 0 Å². The fraction of sp³-hybridized carbons (Fsp3) is 0.455. The smallest absolute Gasteiger partial charge is 0.119 e. The normalized spacial score (nSPS) is 11.2. The zero-order valence-electron chi connectivity index (χ0n) is 9.46. The second kappa shape index (κ2) is 5.39. The largest absolute Gasteiger partial charge is 0.377 e. The highest BCUT2D eigenvalue weighted by Crippen LogP contribution is 2.47. The highest BCUT2D eigenvalue weighted by atomic mass is 35.9. The number of benzene rings is 1. The molecule has 0 saturated carbocycles. The van der Waals surface area contributed by atoms with Crippen LogP contribution >= 0.6 is 29.1 Å². The van der Waals surface area contributed by atoms with Gasteiger partial charge in [-0.1, -0.05) is 42.4 Å². The Kier molecular flexibility index (Phi) is 4.70. The first-order valence-corrected chi connectivity index (χ1v) is 8.01. The van der Waals surface area contributed by atoms with Crippen LogP contribution in [0.4, 0.5) is 5.69 Å². The van der Waals surface area contributed by atoms with Crippen molar-refractivity contribution in [3.63, 3.8) is 0 Å². The van der Waals surface area contributed by atoms with Crippen LogP contribution in [0, 0.1) is 0 Å². The van der Waals surface area contributed by atoms with Crippen molar-refractivity contribution in [3.8, 4) is 0 Å². The van der Waals surface area contributed by atoms with Gasteiger partial charge in [-0.25, -0.2) is 0 Å². The van der Waals surface area contributed by atoms with E-state index in [2.05, 4.69) is 30.9 Å². The van der Waals surface area contributed by atoms with Crippen LogP contribution in [0.2, 0.25) is 0 Å². The summed E-state index contributed by atoms with van der Waals surface area (Å²) in [5, 5.41) is 1.03. The number of halogens is 2. The van der Waals surface area contributed by atoms with Gasteiger partial charge in [0.25, 0.3) is 0 Å². The first-order chi connectivity index (χ1) is 6.93. The summed E-state index contributed by atoms with van der Waals surface area (Å²) in [5.41, 5.74) is 2.44. The predicted octanol–water partition coefficient (Wildman–Crippen LogP) is 4.29. The molecule has 4 heteroatoms. The van der Waals surface area contributed by atoms with E-state index in [0.29, 0.717) is 5.92 Å². The summed E-state index contributed by atoms with van der Waals surface area (Å²) in [7, 11) is 4.02. The van der Waals surface area contributed by atoms with Crippen LogP contribution in [0.1, 0.15) is 25.3 Å². The summed E-state index contributed by atoms with van der Waals surface area (Å²) in [4.78, 5) is 2.06. The molecule has 1 rings (SSSR count). The number of hydrogen-bond acceptors (Lipinski definition) is 1. The van der Waals surface area contributed by atoms with Gasteiger partial charge in [0.05, 0.1) is 0 Å². The molecule has 0 fully saturated rings. The second-order valence-electron chi connectivity index (χ2n) is 4.03. The Morgan fingerprint density at radius 2 is 1.80 bits per heavy atom. The molecule has 0 amide bonds. The summed E-state index contributed by atoms with van der Waals surface area (Å²) < 4.78 is 0. The van der Waals surface area contributed by atoms with Crippen LogP contribution < -0.4 is 10.2 Å². The van der Waals surface area contributed by atoms with Crippen LogP contribution in [-0.2, 0) is 0 Å². The average Bonchev–Trinajstić information content (AvgIpc) is 2.16. The van der Waals surface area contributed by atoms with Crippen molar-refractivity contribution in [2.45, 2.75) is 19.8 Å². The molecule has 0 aromatic heterocycles. The van der Waals surface area contributed by atoms with E-state index in [1.807, 2.05) is 20.2 Å². The lowest BCUT2D eigenvalue weighted by Crippen LogP contribution is -2.17. The Hall–Kier alpha value is 0.0300. The van der Waals surface area contributed by atoms with Crippen molar-refractivity contribution in [1.29, 1.82) is 0 Å². The molecule has 0 saturated heterocycles. The van der Waals surface area contributed by atoms with Gasteiger partial charge in [0.2, 0.25) is 0 Å². The van der Waals surface area contributed by atoms with E-state index in [0.717, 1.165) is 11.0 Å². The molecular weight excluding hydrogens is 248 g/mol. The molecule has 0 N–H and O–H groups in total. The summed E-state index contributed by atoms with van der Waals surface area (Å²) in [6, 6.07) is 6.31. The summed E-state index contributed by atoms with van der Waals surface area (Å²) in [6.07, 6.45) is 0. The summed E-state index contributed by atoms with van der Waals surface area (Å²) >= 11 is 12.0. The molecule has 1 aromatic carbocycles. The van der Waals surface area contributed by atoms with Gasteiger partial charge in [0.1, 0.15) is 6.63 Å². The van der Waals surface area contributed by atoms with E-state index in [9.17, 15) is 0 Å². The lowest BCUT2D eigenvalue weighted by atomic mass is 10.0. The Morgan fingerprint density at radius 3 is 2.20 bits per heavy atom. The third kappa shape index (κ3) is 3.24. The van der Waals surface area contributed by atoms with Crippen LogP contribution in [0.15, 0.2) is 18.2 Å². The van der Waals surface area contributed by atoms with Crippen molar-refractivity contribution >= 4 is 40.1 Å². The monoisotopic (exact) mass is 263 g/mol. The third-order valence-electron chi connectivity index (χ3n) is 2.33. The molecule has 0 unspecified atom stereocenters. The molecule has 0 aliphatic rings. The maximum Gasteiger partial charge on any atom is 0.119 e. The van der Waals surface area contributed by atoms with E-state index in [1.165, 1.54) is 5.56 Å². The Morgan fingerprint density at radius 1 is 1.20 bits per heavy atom. The number of nitrogens with zero attached hydrogens (tertiary/aromatic N) is 1. The van der Waals surface area contributed by atoms with Gasteiger partial charge in [0.15, 0.2) is 0 Å². The molecule has 1 aromatic rings. The predicted molar refractivity (Wildman–Crippen MR) is 73.1 cm³/mol. The molecular formula is C11H16Cl2NP. The standard InChI is InChI=1S/C11H16Cl2NP/c1-8(2)9-5-6-11(15(12)13)10(7-9)14(3)4/h5-8H,1-4H3. The number of rotatable bonds is 3. The third-order valence-corrected chi connectivity index (χ3v) is 4.17. The Labute approximate surface area is 103 Å². The van der Waals surface area contributed by atoms with Gasteiger partial charge in [-0.05, 0) is 23.6 Å². The number of hydrogen-bond donors (Lipinski definition) is 0. The summed E-state index contributed by atoms with van der Waals surface area (Å²) in [5.74, 6) is 0.523. The first-order valence-electron chi connectivity index (χ1n) is 4.86. The molecule has 0 aliphatic heterocycles. The van der Waals surface area contributed by atoms with Crippen LogP contribution in [0.25, 0.3) is 0 Å². The minimum absolute atomic E-state index is 0.523.